The van der Waals surface area contributed by atoms with Crippen LogP contribution >= 0.6 is 0 Å². The van der Waals surface area contributed by atoms with E-state index in [2.05, 4.69) is 12.1 Å². The molecule has 0 fully saturated rings. The Kier molecular flexibility index (Phi) is 7.42. The van der Waals surface area contributed by atoms with Crippen LogP contribution in [0.15, 0.2) is 5.18 Å². The smallest absolute Gasteiger partial charge is 0.0891 e. The number of rotatable bonds is 7. The first-order valence-electron chi connectivity index (χ1n) is 4.63. The molecule has 1 unspecified atom stereocenters. The van der Waals surface area contributed by atoms with E-state index in [0.717, 1.165) is 12.8 Å². The third-order valence-electron chi connectivity index (χ3n) is 1.91. The van der Waals surface area contributed by atoms with Gasteiger partial charge in [-0.05, 0) is 13.3 Å². The van der Waals surface area contributed by atoms with Gasteiger partial charge in [0.1, 0.15) is 0 Å². The maximum absolute atomic E-state index is 9.97. The van der Waals surface area contributed by atoms with Gasteiger partial charge in [0.15, 0.2) is 0 Å². The lowest BCUT2D eigenvalue weighted by molar-refractivity contribution is 0.562. The highest BCUT2D eigenvalue weighted by Crippen LogP contribution is 2.08. The Hall–Kier alpha value is -0.400. The number of nitrogens with zero attached hydrogens (tertiary/aromatic N) is 1. The SMILES string of the molecule is CCCCCCCC(C)N=O. The van der Waals surface area contributed by atoms with E-state index in [-0.39, 0.29) is 6.04 Å². The highest BCUT2D eigenvalue weighted by atomic mass is 16.3. The molecule has 0 radical (unpaired) electrons. The van der Waals surface area contributed by atoms with Crippen LogP contribution in [0.25, 0.3) is 0 Å². The number of unbranched alkanes of at least 4 members (excludes halogenated alkanes) is 4. The first-order chi connectivity index (χ1) is 5.31. The van der Waals surface area contributed by atoms with Crippen molar-refractivity contribution in [2.45, 2.75) is 58.4 Å². The summed E-state index contributed by atoms with van der Waals surface area (Å²) in [5, 5.41) is 2.96. The van der Waals surface area contributed by atoms with Gasteiger partial charge in [-0.2, -0.15) is 4.91 Å². The highest BCUT2D eigenvalue weighted by molar-refractivity contribution is 4.57. The normalized spacial score (nSPS) is 12.9. The Morgan fingerprint density at radius 3 is 2.36 bits per heavy atom. The molecule has 2 heteroatoms. The van der Waals surface area contributed by atoms with Crippen LogP contribution < -0.4 is 0 Å². The molecule has 0 bridgehead atoms. The minimum Gasteiger partial charge on any atom is -0.151 e. The molecule has 0 aromatic carbocycles. The lowest BCUT2D eigenvalue weighted by atomic mass is 10.1. The monoisotopic (exact) mass is 157 g/mol. The van der Waals surface area contributed by atoms with Crippen molar-refractivity contribution in [2.24, 2.45) is 5.18 Å². The van der Waals surface area contributed by atoms with Crippen molar-refractivity contribution in [1.29, 1.82) is 0 Å². The fourth-order valence-electron chi connectivity index (χ4n) is 1.10. The van der Waals surface area contributed by atoms with Crippen molar-refractivity contribution in [3.63, 3.8) is 0 Å². The van der Waals surface area contributed by atoms with Gasteiger partial charge >= 0.3 is 0 Å². The maximum Gasteiger partial charge on any atom is 0.0891 e. The Balaban J connectivity index is 2.95. The lowest BCUT2D eigenvalue weighted by Crippen LogP contribution is -1.95. The van der Waals surface area contributed by atoms with Gasteiger partial charge < -0.3 is 0 Å². The zero-order valence-electron chi connectivity index (χ0n) is 7.68. The minimum absolute atomic E-state index is 0.0247. The summed E-state index contributed by atoms with van der Waals surface area (Å²) in [6.07, 6.45) is 7.29. The van der Waals surface area contributed by atoms with Gasteiger partial charge in [-0.15, -0.1) is 0 Å². The fraction of sp³-hybridized carbons (Fsp3) is 1.00. The van der Waals surface area contributed by atoms with Crippen molar-refractivity contribution < 1.29 is 0 Å². The molecule has 0 aromatic rings. The average Bonchev–Trinajstić information content (AvgIpc) is 2.04. The fourth-order valence-corrected chi connectivity index (χ4v) is 1.10. The first-order valence-corrected chi connectivity index (χ1v) is 4.63. The van der Waals surface area contributed by atoms with Crippen LogP contribution in [0.1, 0.15) is 52.4 Å². The molecule has 0 heterocycles. The van der Waals surface area contributed by atoms with Crippen molar-refractivity contribution in [2.75, 3.05) is 0 Å². The molecule has 1 atom stereocenters. The summed E-state index contributed by atoms with van der Waals surface area (Å²) in [5.41, 5.74) is 0. The second kappa shape index (κ2) is 7.70. The van der Waals surface area contributed by atoms with E-state index in [1.807, 2.05) is 6.92 Å². The second-order valence-corrected chi connectivity index (χ2v) is 3.16. The summed E-state index contributed by atoms with van der Waals surface area (Å²) >= 11 is 0. The molecule has 11 heavy (non-hydrogen) atoms. The maximum atomic E-state index is 9.97. The van der Waals surface area contributed by atoms with Crippen LogP contribution in [-0.4, -0.2) is 6.04 Å². The lowest BCUT2D eigenvalue weighted by Gasteiger charge is -2.00. The summed E-state index contributed by atoms with van der Waals surface area (Å²) in [4.78, 5) is 9.97. The van der Waals surface area contributed by atoms with Gasteiger partial charge in [-0.25, -0.2) is 0 Å². The predicted octanol–water partition coefficient (Wildman–Crippen LogP) is 3.50. The van der Waals surface area contributed by atoms with Crippen LogP contribution in [0, 0.1) is 4.91 Å². The summed E-state index contributed by atoms with van der Waals surface area (Å²) in [6, 6.07) is 0.0247. The molecular weight excluding hydrogens is 138 g/mol. The molecule has 0 rings (SSSR count). The molecule has 0 aromatic heterocycles. The molecule has 0 saturated heterocycles. The topological polar surface area (TPSA) is 29.4 Å². The third-order valence-corrected chi connectivity index (χ3v) is 1.91. The average molecular weight is 157 g/mol. The summed E-state index contributed by atoms with van der Waals surface area (Å²) in [5.74, 6) is 0. The molecule has 0 aliphatic rings. The molecule has 2 nitrogen and oxygen atoms in total. The van der Waals surface area contributed by atoms with Crippen molar-refractivity contribution in [3.8, 4) is 0 Å². The molecule has 0 spiro atoms. The second-order valence-electron chi connectivity index (χ2n) is 3.16. The van der Waals surface area contributed by atoms with E-state index in [9.17, 15) is 4.91 Å². The van der Waals surface area contributed by atoms with E-state index < -0.39 is 0 Å². The Labute approximate surface area is 69.4 Å². The summed E-state index contributed by atoms with van der Waals surface area (Å²) in [6.45, 7) is 4.09. The number of nitroso groups, excluding NO2 is 1. The number of hydrogen-bond acceptors (Lipinski definition) is 2. The molecule has 0 aliphatic heterocycles. The predicted molar refractivity (Wildman–Crippen MR) is 48.6 cm³/mol. The standard InChI is InChI=1S/C9H19NO/c1-3-4-5-6-7-8-9(2)10-11/h9H,3-8H2,1-2H3. The van der Waals surface area contributed by atoms with Crippen LogP contribution in [0.5, 0.6) is 0 Å². The molecule has 0 saturated carbocycles. The van der Waals surface area contributed by atoms with Crippen LogP contribution in [-0.2, 0) is 0 Å². The largest absolute Gasteiger partial charge is 0.151 e. The van der Waals surface area contributed by atoms with E-state index in [0.29, 0.717) is 0 Å². The van der Waals surface area contributed by atoms with Gasteiger partial charge in [0.2, 0.25) is 0 Å². The minimum atomic E-state index is 0.0247. The zero-order chi connectivity index (χ0) is 8.53. The van der Waals surface area contributed by atoms with Gasteiger partial charge in [-0.3, -0.25) is 0 Å². The number of hydrogen-bond donors (Lipinski definition) is 0. The van der Waals surface area contributed by atoms with Gasteiger partial charge in [0.05, 0.1) is 6.04 Å². The van der Waals surface area contributed by atoms with Crippen LogP contribution in [0.2, 0.25) is 0 Å². The molecule has 66 valence electrons. The Bertz CT molecular complexity index is 93.6. The van der Waals surface area contributed by atoms with Crippen LogP contribution in [0.3, 0.4) is 0 Å². The molecule has 0 aliphatic carbocycles. The van der Waals surface area contributed by atoms with E-state index in [4.69, 9.17) is 0 Å². The quantitative estimate of drug-likeness (QED) is 0.411. The summed E-state index contributed by atoms with van der Waals surface area (Å²) < 4.78 is 0. The molecular formula is C9H19NO. The van der Waals surface area contributed by atoms with Crippen LogP contribution in [0.4, 0.5) is 0 Å². The van der Waals surface area contributed by atoms with Crippen molar-refractivity contribution in [3.05, 3.63) is 4.91 Å². The van der Waals surface area contributed by atoms with Gasteiger partial charge in [0, 0.05) is 0 Å². The third kappa shape index (κ3) is 7.50. The van der Waals surface area contributed by atoms with Gasteiger partial charge in [0.25, 0.3) is 0 Å². The Morgan fingerprint density at radius 1 is 1.18 bits per heavy atom. The highest BCUT2D eigenvalue weighted by Gasteiger charge is 1.98. The molecule has 0 amide bonds. The zero-order valence-corrected chi connectivity index (χ0v) is 7.68. The van der Waals surface area contributed by atoms with E-state index in [1.54, 1.807) is 0 Å². The van der Waals surface area contributed by atoms with Crippen molar-refractivity contribution >= 4 is 0 Å². The Morgan fingerprint density at radius 2 is 1.82 bits per heavy atom. The summed E-state index contributed by atoms with van der Waals surface area (Å²) in [7, 11) is 0. The molecule has 0 N–H and O–H groups in total. The van der Waals surface area contributed by atoms with Crippen molar-refractivity contribution in [1.82, 2.24) is 0 Å². The van der Waals surface area contributed by atoms with Gasteiger partial charge in [-0.1, -0.05) is 44.2 Å². The van der Waals surface area contributed by atoms with E-state index >= 15 is 0 Å². The first kappa shape index (κ1) is 10.6. The van der Waals surface area contributed by atoms with E-state index in [1.165, 1.54) is 25.7 Å².